The van der Waals surface area contributed by atoms with E-state index in [0.717, 1.165) is 12.0 Å². The van der Waals surface area contributed by atoms with Gasteiger partial charge in [0, 0.05) is 18.8 Å². The monoisotopic (exact) mass is 194 g/mol. The molecule has 2 rings (SSSR count). The number of hydrogen-bond donors (Lipinski definition) is 1. The van der Waals surface area contributed by atoms with Crippen LogP contribution >= 0.6 is 0 Å². The van der Waals surface area contributed by atoms with E-state index < -0.39 is 6.29 Å². The van der Waals surface area contributed by atoms with Crippen LogP contribution in [-0.4, -0.2) is 17.2 Å². The van der Waals surface area contributed by atoms with Crippen molar-refractivity contribution in [2.75, 3.05) is 0 Å². The lowest BCUT2D eigenvalue weighted by molar-refractivity contribution is -0.128. The highest BCUT2D eigenvalue weighted by Gasteiger charge is 2.35. The normalized spacial score (nSPS) is 32.3. The summed E-state index contributed by atoms with van der Waals surface area (Å²) >= 11 is 0. The molecule has 0 saturated heterocycles. The van der Waals surface area contributed by atoms with E-state index in [2.05, 4.69) is 0 Å². The first-order valence-corrected chi connectivity index (χ1v) is 4.96. The van der Waals surface area contributed by atoms with Gasteiger partial charge >= 0.3 is 0 Å². The van der Waals surface area contributed by atoms with Crippen LogP contribution in [0.1, 0.15) is 26.2 Å². The summed E-state index contributed by atoms with van der Waals surface area (Å²) in [6, 6.07) is 0. The molecule has 1 aliphatic heterocycles. The van der Waals surface area contributed by atoms with Gasteiger partial charge in [-0.25, -0.2) is 0 Å². The van der Waals surface area contributed by atoms with E-state index >= 15 is 0 Å². The Morgan fingerprint density at radius 3 is 3.00 bits per heavy atom. The van der Waals surface area contributed by atoms with Gasteiger partial charge in [0.1, 0.15) is 0 Å². The zero-order valence-electron chi connectivity index (χ0n) is 8.19. The SMILES string of the molecule is C/C=C/[C@@H]1C[C@@H](O)OC2=C1CCC2=O. The van der Waals surface area contributed by atoms with E-state index in [1.807, 2.05) is 19.1 Å². The van der Waals surface area contributed by atoms with E-state index in [1.165, 1.54) is 0 Å². The van der Waals surface area contributed by atoms with Gasteiger partial charge < -0.3 is 9.84 Å². The fourth-order valence-electron chi connectivity index (χ4n) is 2.12. The Kier molecular flexibility index (Phi) is 2.42. The average Bonchev–Trinajstić information content (AvgIpc) is 2.49. The smallest absolute Gasteiger partial charge is 0.198 e. The molecule has 1 heterocycles. The van der Waals surface area contributed by atoms with Crippen LogP contribution in [0.4, 0.5) is 0 Å². The summed E-state index contributed by atoms with van der Waals surface area (Å²) in [7, 11) is 0. The predicted octanol–water partition coefficient (Wildman–Crippen LogP) is 1.53. The second-order valence-corrected chi connectivity index (χ2v) is 3.72. The number of carbonyl (C=O) groups excluding carboxylic acids is 1. The van der Waals surface area contributed by atoms with Gasteiger partial charge in [-0.1, -0.05) is 12.2 Å². The fraction of sp³-hybridized carbons (Fsp3) is 0.545. The summed E-state index contributed by atoms with van der Waals surface area (Å²) in [6.45, 7) is 1.94. The standard InChI is InChI=1S/C11H14O3/c1-2-3-7-6-10(13)14-11-8(7)4-5-9(11)12/h2-3,7,10,13H,4-6H2,1H3/b3-2+/t7-,10+/m1/s1. The molecule has 0 aromatic heterocycles. The van der Waals surface area contributed by atoms with Gasteiger partial charge in [0.15, 0.2) is 17.8 Å². The Balaban J connectivity index is 2.31. The first-order chi connectivity index (χ1) is 6.72. The molecule has 14 heavy (non-hydrogen) atoms. The Morgan fingerprint density at radius 2 is 2.29 bits per heavy atom. The maximum atomic E-state index is 11.4. The number of Topliss-reactive ketones (excluding diaryl/α,β-unsaturated/α-hetero) is 1. The zero-order valence-corrected chi connectivity index (χ0v) is 8.19. The number of ether oxygens (including phenoxy) is 1. The maximum absolute atomic E-state index is 11.4. The third-order valence-electron chi connectivity index (χ3n) is 2.75. The summed E-state index contributed by atoms with van der Waals surface area (Å²) < 4.78 is 5.15. The average molecular weight is 194 g/mol. The van der Waals surface area contributed by atoms with Crippen LogP contribution < -0.4 is 0 Å². The van der Waals surface area contributed by atoms with Crippen LogP contribution in [0, 0.1) is 5.92 Å². The second-order valence-electron chi connectivity index (χ2n) is 3.72. The molecule has 0 aromatic rings. The molecule has 0 unspecified atom stereocenters. The molecule has 3 nitrogen and oxygen atoms in total. The van der Waals surface area contributed by atoms with Crippen molar-refractivity contribution >= 4 is 5.78 Å². The molecule has 2 aliphatic rings. The maximum Gasteiger partial charge on any atom is 0.198 e. The molecular formula is C11H14O3. The second kappa shape index (κ2) is 3.58. The summed E-state index contributed by atoms with van der Waals surface area (Å²) in [5, 5.41) is 9.43. The molecule has 76 valence electrons. The predicted molar refractivity (Wildman–Crippen MR) is 51.3 cm³/mol. The first-order valence-electron chi connectivity index (χ1n) is 4.96. The molecule has 0 bridgehead atoms. The third-order valence-corrected chi connectivity index (χ3v) is 2.75. The third kappa shape index (κ3) is 1.48. The molecule has 0 radical (unpaired) electrons. The number of carbonyl (C=O) groups is 1. The van der Waals surface area contributed by atoms with Gasteiger partial charge in [-0.3, -0.25) is 4.79 Å². The molecule has 0 saturated carbocycles. The van der Waals surface area contributed by atoms with Crippen molar-refractivity contribution in [3.8, 4) is 0 Å². The van der Waals surface area contributed by atoms with Crippen LogP contribution in [0.15, 0.2) is 23.5 Å². The van der Waals surface area contributed by atoms with Crippen molar-refractivity contribution in [1.29, 1.82) is 0 Å². The number of hydrogen-bond acceptors (Lipinski definition) is 3. The highest BCUT2D eigenvalue weighted by Crippen LogP contribution is 2.37. The minimum Gasteiger partial charge on any atom is -0.461 e. The van der Waals surface area contributed by atoms with Crippen LogP contribution in [0.5, 0.6) is 0 Å². The largest absolute Gasteiger partial charge is 0.461 e. The minimum absolute atomic E-state index is 0.0354. The van der Waals surface area contributed by atoms with Crippen molar-refractivity contribution in [3.05, 3.63) is 23.5 Å². The molecule has 2 atom stereocenters. The molecule has 0 aromatic carbocycles. The Hall–Kier alpha value is -1.09. The van der Waals surface area contributed by atoms with Crippen LogP contribution in [0.3, 0.4) is 0 Å². The molecule has 0 fully saturated rings. The summed E-state index contributed by atoms with van der Waals surface area (Å²) in [5.74, 6) is 0.644. The van der Waals surface area contributed by atoms with E-state index in [-0.39, 0.29) is 11.7 Å². The molecule has 1 aliphatic carbocycles. The molecule has 0 spiro atoms. The van der Waals surface area contributed by atoms with Gasteiger partial charge in [0.25, 0.3) is 0 Å². The van der Waals surface area contributed by atoms with E-state index in [9.17, 15) is 9.90 Å². The lowest BCUT2D eigenvalue weighted by Gasteiger charge is -2.26. The van der Waals surface area contributed by atoms with Gasteiger partial charge in [-0.05, 0) is 18.9 Å². The van der Waals surface area contributed by atoms with Crippen molar-refractivity contribution in [2.45, 2.75) is 32.5 Å². The number of ketones is 1. The van der Waals surface area contributed by atoms with E-state index in [1.54, 1.807) is 0 Å². The first kappa shape index (κ1) is 9.46. The van der Waals surface area contributed by atoms with Crippen molar-refractivity contribution < 1.29 is 14.6 Å². The van der Waals surface area contributed by atoms with Crippen LogP contribution in [0.2, 0.25) is 0 Å². The zero-order chi connectivity index (χ0) is 10.1. The molecule has 0 amide bonds. The Morgan fingerprint density at radius 1 is 1.50 bits per heavy atom. The fourth-order valence-corrected chi connectivity index (χ4v) is 2.12. The van der Waals surface area contributed by atoms with Gasteiger partial charge in [0.05, 0.1) is 0 Å². The highest BCUT2D eigenvalue weighted by atomic mass is 16.6. The van der Waals surface area contributed by atoms with Crippen molar-refractivity contribution in [1.82, 2.24) is 0 Å². The summed E-state index contributed by atoms with van der Waals surface area (Å²) in [5.41, 5.74) is 1.07. The summed E-state index contributed by atoms with van der Waals surface area (Å²) in [6.07, 6.45) is 5.05. The van der Waals surface area contributed by atoms with E-state index in [0.29, 0.717) is 18.6 Å². The quantitative estimate of drug-likeness (QED) is 0.644. The van der Waals surface area contributed by atoms with Crippen LogP contribution in [0.25, 0.3) is 0 Å². The van der Waals surface area contributed by atoms with E-state index in [4.69, 9.17) is 4.74 Å². The lowest BCUT2D eigenvalue weighted by Crippen LogP contribution is -2.24. The number of aliphatic hydroxyl groups is 1. The number of rotatable bonds is 1. The van der Waals surface area contributed by atoms with Gasteiger partial charge in [-0.2, -0.15) is 0 Å². The van der Waals surface area contributed by atoms with Crippen LogP contribution in [-0.2, 0) is 9.53 Å². The number of allylic oxidation sites excluding steroid dienone is 4. The minimum atomic E-state index is -0.822. The van der Waals surface area contributed by atoms with Crippen molar-refractivity contribution in [2.24, 2.45) is 5.92 Å². The topological polar surface area (TPSA) is 46.5 Å². The highest BCUT2D eigenvalue weighted by molar-refractivity contribution is 5.97. The van der Waals surface area contributed by atoms with Gasteiger partial charge in [-0.15, -0.1) is 0 Å². The molecule has 1 N–H and O–H groups in total. The lowest BCUT2D eigenvalue weighted by atomic mass is 9.92. The van der Waals surface area contributed by atoms with Crippen molar-refractivity contribution in [3.63, 3.8) is 0 Å². The number of aliphatic hydroxyl groups excluding tert-OH is 1. The Bertz CT molecular complexity index is 314. The van der Waals surface area contributed by atoms with Gasteiger partial charge in [0.2, 0.25) is 0 Å². The molecule has 3 heteroatoms. The Labute approximate surface area is 83.1 Å². The molecular weight excluding hydrogens is 180 g/mol. The summed E-state index contributed by atoms with van der Waals surface area (Å²) in [4.78, 5) is 11.4.